The third-order valence-electron chi connectivity index (χ3n) is 9.63. The summed E-state index contributed by atoms with van der Waals surface area (Å²) in [6.07, 6.45) is -20.5. The van der Waals surface area contributed by atoms with Crippen molar-refractivity contribution in [1.82, 2.24) is 9.13 Å². The van der Waals surface area contributed by atoms with Crippen LogP contribution in [0.4, 0.5) is 52.7 Å². The predicted molar refractivity (Wildman–Crippen MR) is 185 cm³/mol. The smallest absolute Gasteiger partial charge is 0.308 e. The minimum absolute atomic E-state index is 0.0537. The van der Waals surface area contributed by atoms with Crippen molar-refractivity contribution in [3.8, 4) is 28.6 Å². The van der Waals surface area contributed by atoms with E-state index < -0.39 is 69.5 Å². The van der Waals surface area contributed by atoms with Gasteiger partial charge in [-0.1, -0.05) is 42.5 Å². The molecule has 282 valence electrons. The second-order valence-electron chi connectivity index (χ2n) is 12.9. The molecule has 8 aromatic rings. The highest BCUT2D eigenvalue weighted by atomic mass is 19.4. The molecule has 0 aliphatic rings. The number of benzene rings is 6. The van der Waals surface area contributed by atoms with Gasteiger partial charge in [0, 0.05) is 32.7 Å². The summed E-state index contributed by atoms with van der Waals surface area (Å²) < 4.78 is 177. The van der Waals surface area contributed by atoms with E-state index in [0.717, 1.165) is 36.4 Å². The van der Waals surface area contributed by atoms with Crippen molar-refractivity contribution < 1.29 is 52.7 Å². The molecule has 0 amide bonds. The Kier molecular flexibility index (Phi) is 8.02. The molecule has 0 saturated heterocycles. The van der Waals surface area contributed by atoms with Crippen LogP contribution in [0.1, 0.15) is 27.8 Å². The number of hydrogen-bond donors (Lipinski definition) is 0. The zero-order chi connectivity index (χ0) is 40.1. The fourth-order valence-electron chi connectivity index (χ4n) is 7.40. The molecule has 0 atom stereocenters. The van der Waals surface area contributed by atoms with Crippen molar-refractivity contribution in [2.45, 2.75) is 24.7 Å². The number of halogens is 12. The average molecular weight is 782 g/mol. The Morgan fingerprint density at radius 3 is 1.16 bits per heavy atom. The van der Waals surface area contributed by atoms with Gasteiger partial charge in [-0.3, -0.25) is 0 Å². The number of para-hydroxylation sites is 2. The van der Waals surface area contributed by atoms with Crippen molar-refractivity contribution in [3.05, 3.63) is 143 Å². The van der Waals surface area contributed by atoms with E-state index in [0.29, 0.717) is 30.3 Å². The van der Waals surface area contributed by atoms with Crippen LogP contribution in [-0.2, 0) is 24.7 Å². The van der Waals surface area contributed by atoms with E-state index in [9.17, 15) is 31.6 Å². The Morgan fingerprint density at radius 1 is 0.393 bits per heavy atom. The number of nitriles is 1. The van der Waals surface area contributed by atoms with Gasteiger partial charge in [0.25, 0.3) is 0 Å². The summed E-state index contributed by atoms with van der Waals surface area (Å²) in [6.45, 7) is 0. The third-order valence-corrected chi connectivity index (χ3v) is 9.63. The van der Waals surface area contributed by atoms with Gasteiger partial charge in [-0.15, -0.1) is 0 Å². The first kappa shape index (κ1) is 36.5. The van der Waals surface area contributed by atoms with Crippen molar-refractivity contribution in [1.29, 1.82) is 5.26 Å². The summed E-state index contributed by atoms with van der Waals surface area (Å²) >= 11 is 0. The molecule has 0 aliphatic heterocycles. The van der Waals surface area contributed by atoms with Crippen LogP contribution in [0.2, 0.25) is 0 Å². The molecule has 0 unspecified atom stereocenters. The lowest BCUT2D eigenvalue weighted by atomic mass is 9.89. The van der Waals surface area contributed by atoms with Gasteiger partial charge in [-0.05, 0) is 72.8 Å². The Hall–Kier alpha value is -6.43. The molecule has 8 rings (SSSR count). The van der Waals surface area contributed by atoms with Crippen LogP contribution >= 0.6 is 0 Å². The third kappa shape index (κ3) is 5.78. The molecule has 0 aliphatic carbocycles. The molecule has 0 N–H and O–H groups in total. The first-order valence-electron chi connectivity index (χ1n) is 16.4. The Morgan fingerprint density at radius 2 is 0.786 bits per heavy atom. The fraction of sp³-hybridized carbons (Fsp3) is 0.0976. The van der Waals surface area contributed by atoms with Crippen LogP contribution in [-0.4, -0.2) is 9.13 Å². The topological polar surface area (TPSA) is 33.6 Å². The number of alkyl halides is 12. The molecule has 2 aromatic heterocycles. The minimum Gasteiger partial charge on any atom is -0.308 e. The molecular weight excluding hydrogens is 762 g/mol. The Labute approximate surface area is 306 Å². The normalized spacial score (nSPS) is 13.0. The van der Waals surface area contributed by atoms with Crippen molar-refractivity contribution in [2.24, 2.45) is 0 Å². The molecule has 0 saturated carbocycles. The van der Waals surface area contributed by atoms with Crippen molar-refractivity contribution in [3.63, 3.8) is 0 Å². The van der Waals surface area contributed by atoms with Crippen LogP contribution < -0.4 is 0 Å². The summed E-state index contributed by atoms with van der Waals surface area (Å²) in [7, 11) is 0. The second kappa shape index (κ2) is 12.3. The predicted octanol–water partition coefficient (Wildman–Crippen LogP) is 13.5. The van der Waals surface area contributed by atoms with Gasteiger partial charge in [0.2, 0.25) is 0 Å². The number of rotatable bonds is 3. The summed E-state index contributed by atoms with van der Waals surface area (Å²) in [5.41, 5.74) is -8.95. The standard InChI is InChI=1S/C41H19F12N3/c42-38(43,44)22-12-14-32-26(18-22)24-6-1-3-10-30(24)55(32)34-16-21(20-54)17-35(37(34)36-28(40(48,49)50)8-5-9-29(36)41(51,52)53)56-31-11-4-2-7-25(31)27-19-23(39(45,46)47)13-15-33(27)56/h1-19H. The zero-order valence-corrected chi connectivity index (χ0v) is 27.8. The van der Waals surface area contributed by atoms with Crippen LogP contribution in [0, 0.1) is 11.3 Å². The SMILES string of the molecule is N#Cc1cc(-n2c3ccccc3c3cc(C(F)(F)F)ccc32)c(-c2c(C(F)(F)F)cccc2C(F)(F)F)c(-n2c3ccccc3c3cc(C(F)(F)F)ccc32)c1. The highest BCUT2D eigenvalue weighted by Gasteiger charge is 2.43. The van der Waals surface area contributed by atoms with Crippen LogP contribution in [0.5, 0.6) is 0 Å². The van der Waals surface area contributed by atoms with Gasteiger partial charge in [-0.25, -0.2) is 0 Å². The van der Waals surface area contributed by atoms with E-state index in [1.807, 2.05) is 6.07 Å². The van der Waals surface area contributed by atoms with E-state index in [1.165, 1.54) is 57.7 Å². The highest BCUT2D eigenvalue weighted by Crippen LogP contribution is 2.51. The minimum atomic E-state index is -5.43. The lowest BCUT2D eigenvalue weighted by Crippen LogP contribution is -2.16. The first-order chi connectivity index (χ1) is 26.3. The molecule has 3 nitrogen and oxygen atoms in total. The Bertz CT molecular complexity index is 2750. The molecule has 0 radical (unpaired) electrons. The van der Waals surface area contributed by atoms with Gasteiger partial charge in [0.1, 0.15) is 0 Å². The molecule has 0 spiro atoms. The summed E-state index contributed by atoms with van der Waals surface area (Å²) in [4.78, 5) is 0. The van der Waals surface area contributed by atoms with E-state index in [-0.39, 0.29) is 49.2 Å². The zero-order valence-electron chi connectivity index (χ0n) is 27.8. The van der Waals surface area contributed by atoms with Crippen LogP contribution in [0.3, 0.4) is 0 Å². The maximum absolute atomic E-state index is 15.1. The van der Waals surface area contributed by atoms with Crippen molar-refractivity contribution in [2.75, 3.05) is 0 Å². The molecule has 2 heterocycles. The summed E-state index contributed by atoms with van der Waals surface area (Å²) in [5, 5.41) is 10.5. The largest absolute Gasteiger partial charge is 0.417 e. The van der Waals surface area contributed by atoms with Gasteiger partial charge < -0.3 is 9.13 Å². The highest BCUT2D eigenvalue weighted by molar-refractivity contribution is 6.12. The molecule has 0 bridgehead atoms. The van der Waals surface area contributed by atoms with Gasteiger partial charge in [0.05, 0.1) is 67.3 Å². The maximum Gasteiger partial charge on any atom is 0.417 e. The van der Waals surface area contributed by atoms with E-state index in [2.05, 4.69) is 0 Å². The first-order valence-corrected chi connectivity index (χ1v) is 16.4. The maximum atomic E-state index is 15.1. The number of fused-ring (bicyclic) bond motifs is 6. The summed E-state index contributed by atoms with van der Waals surface area (Å²) in [5.74, 6) is 0. The number of hydrogen-bond acceptors (Lipinski definition) is 1. The lowest BCUT2D eigenvalue weighted by Gasteiger charge is -2.25. The molecule has 56 heavy (non-hydrogen) atoms. The summed E-state index contributed by atoms with van der Waals surface area (Å²) in [6, 6.07) is 22.1. The molecular formula is C41H19F12N3. The fourth-order valence-corrected chi connectivity index (χ4v) is 7.40. The van der Waals surface area contributed by atoms with E-state index in [4.69, 9.17) is 0 Å². The quantitative estimate of drug-likeness (QED) is 0.164. The van der Waals surface area contributed by atoms with Crippen LogP contribution in [0.15, 0.2) is 115 Å². The van der Waals surface area contributed by atoms with Crippen molar-refractivity contribution >= 4 is 43.6 Å². The Balaban J connectivity index is 1.65. The van der Waals surface area contributed by atoms with Gasteiger partial charge in [0.15, 0.2) is 0 Å². The molecule has 6 aromatic carbocycles. The average Bonchev–Trinajstić information content (AvgIpc) is 3.64. The van der Waals surface area contributed by atoms with Crippen LogP contribution in [0.25, 0.3) is 66.1 Å². The number of aromatic nitrogens is 2. The van der Waals surface area contributed by atoms with E-state index in [1.54, 1.807) is 0 Å². The molecule has 15 heteroatoms. The van der Waals surface area contributed by atoms with Gasteiger partial charge in [-0.2, -0.15) is 57.9 Å². The number of nitrogens with zero attached hydrogens (tertiary/aromatic N) is 3. The monoisotopic (exact) mass is 781 g/mol. The molecule has 0 fully saturated rings. The van der Waals surface area contributed by atoms with E-state index >= 15 is 26.3 Å². The van der Waals surface area contributed by atoms with Gasteiger partial charge >= 0.3 is 24.7 Å². The second-order valence-corrected chi connectivity index (χ2v) is 12.9. The lowest BCUT2D eigenvalue weighted by molar-refractivity contribution is -0.142.